The van der Waals surface area contributed by atoms with Gasteiger partial charge in [0.1, 0.15) is 12.4 Å². The first-order valence-electron chi connectivity index (χ1n) is 10.2. The number of imidazole rings is 1. The summed E-state index contributed by atoms with van der Waals surface area (Å²) >= 11 is 0. The molecule has 0 aliphatic carbocycles. The lowest BCUT2D eigenvalue weighted by Crippen LogP contribution is -2.29. The standard InChI is InChI=1S/C25H23N3O2/c29-24(30)17-28-23-11-4-3-10-22(23)26-25(28)20-9-5-6-18(14-20)15-27-13-12-19-7-1-2-8-21(19)16-27/h1-11,14H,12-13,15-17H2,(H,29,30). The number of carboxylic acids is 1. The zero-order valence-electron chi connectivity index (χ0n) is 16.7. The van der Waals surface area contributed by atoms with Crippen LogP contribution in [0, 0.1) is 0 Å². The fourth-order valence-corrected chi connectivity index (χ4v) is 4.35. The zero-order valence-corrected chi connectivity index (χ0v) is 16.7. The fraction of sp³-hybridized carbons (Fsp3) is 0.200. The summed E-state index contributed by atoms with van der Waals surface area (Å²) in [6.45, 7) is 2.75. The van der Waals surface area contributed by atoms with E-state index in [2.05, 4.69) is 41.3 Å². The Morgan fingerprint density at radius 3 is 2.63 bits per heavy atom. The maximum atomic E-state index is 11.5. The highest BCUT2D eigenvalue weighted by Gasteiger charge is 2.18. The second kappa shape index (κ2) is 7.76. The summed E-state index contributed by atoms with van der Waals surface area (Å²) in [5.74, 6) is -0.174. The Morgan fingerprint density at radius 2 is 1.77 bits per heavy atom. The van der Waals surface area contributed by atoms with Gasteiger partial charge < -0.3 is 9.67 Å². The third-order valence-electron chi connectivity index (χ3n) is 5.75. The van der Waals surface area contributed by atoms with Gasteiger partial charge in [0.05, 0.1) is 11.0 Å². The van der Waals surface area contributed by atoms with Crippen molar-refractivity contribution in [2.24, 2.45) is 0 Å². The number of hydrogen-bond donors (Lipinski definition) is 1. The van der Waals surface area contributed by atoms with Crippen molar-refractivity contribution in [2.45, 2.75) is 26.1 Å². The second-order valence-corrected chi connectivity index (χ2v) is 7.83. The van der Waals surface area contributed by atoms with Crippen molar-refractivity contribution < 1.29 is 9.90 Å². The van der Waals surface area contributed by atoms with Crippen molar-refractivity contribution in [1.82, 2.24) is 14.5 Å². The van der Waals surface area contributed by atoms with E-state index in [4.69, 9.17) is 4.98 Å². The minimum atomic E-state index is -0.873. The number of aliphatic carboxylic acids is 1. The molecule has 1 N–H and O–H groups in total. The summed E-state index contributed by atoms with van der Waals surface area (Å²) in [4.78, 5) is 18.7. The molecule has 0 bridgehead atoms. The number of carbonyl (C=O) groups is 1. The molecule has 0 fully saturated rings. The van der Waals surface area contributed by atoms with Gasteiger partial charge in [0, 0.05) is 25.2 Å². The van der Waals surface area contributed by atoms with Crippen molar-refractivity contribution in [3.05, 3.63) is 89.5 Å². The molecule has 0 unspecified atom stereocenters. The third-order valence-corrected chi connectivity index (χ3v) is 5.75. The first-order chi connectivity index (χ1) is 14.7. The molecule has 2 heterocycles. The predicted octanol–water partition coefficient (Wildman–Crippen LogP) is 4.35. The highest BCUT2D eigenvalue weighted by molar-refractivity contribution is 5.82. The van der Waals surface area contributed by atoms with Crippen LogP contribution in [0.5, 0.6) is 0 Å². The third kappa shape index (κ3) is 3.60. The van der Waals surface area contributed by atoms with E-state index in [0.29, 0.717) is 5.82 Å². The molecule has 0 spiro atoms. The van der Waals surface area contributed by atoms with Gasteiger partial charge in [0.25, 0.3) is 0 Å². The van der Waals surface area contributed by atoms with Gasteiger partial charge in [0.2, 0.25) is 0 Å². The zero-order chi connectivity index (χ0) is 20.5. The minimum absolute atomic E-state index is 0.108. The Kier molecular flexibility index (Phi) is 4.81. The molecule has 5 heteroatoms. The van der Waals surface area contributed by atoms with Crippen LogP contribution in [-0.2, 0) is 30.8 Å². The number of carboxylic acid groups (broad SMARTS) is 1. The van der Waals surface area contributed by atoms with Crippen molar-refractivity contribution >= 4 is 17.0 Å². The van der Waals surface area contributed by atoms with E-state index in [1.54, 1.807) is 4.57 Å². The van der Waals surface area contributed by atoms with E-state index in [1.165, 1.54) is 16.7 Å². The number of rotatable bonds is 5. The molecule has 0 amide bonds. The van der Waals surface area contributed by atoms with Gasteiger partial charge in [-0.25, -0.2) is 4.98 Å². The van der Waals surface area contributed by atoms with Crippen LogP contribution in [-0.4, -0.2) is 32.1 Å². The van der Waals surface area contributed by atoms with Gasteiger partial charge in [-0.1, -0.05) is 54.6 Å². The largest absolute Gasteiger partial charge is 0.480 e. The maximum Gasteiger partial charge on any atom is 0.323 e. The Labute approximate surface area is 175 Å². The van der Waals surface area contributed by atoms with Crippen LogP contribution in [0.25, 0.3) is 22.4 Å². The van der Waals surface area contributed by atoms with Crippen LogP contribution in [0.15, 0.2) is 72.8 Å². The molecule has 0 saturated carbocycles. The summed E-state index contributed by atoms with van der Waals surface area (Å²) in [6.07, 6.45) is 1.07. The fourth-order valence-electron chi connectivity index (χ4n) is 4.35. The predicted molar refractivity (Wildman–Crippen MR) is 117 cm³/mol. The summed E-state index contributed by atoms with van der Waals surface area (Å²) in [5.41, 5.74) is 6.66. The van der Waals surface area contributed by atoms with Crippen molar-refractivity contribution in [3.63, 3.8) is 0 Å². The summed E-state index contributed by atoms with van der Waals surface area (Å²) in [6, 6.07) is 24.7. The highest BCUT2D eigenvalue weighted by Crippen LogP contribution is 2.27. The monoisotopic (exact) mass is 397 g/mol. The van der Waals surface area contributed by atoms with Gasteiger partial charge in [-0.05, 0) is 41.3 Å². The van der Waals surface area contributed by atoms with Crippen LogP contribution in [0.3, 0.4) is 0 Å². The lowest BCUT2D eigenvalue weighted by atomic mass is 9.99. The number of para-hydroxylation sites is 2. The molecule has 0 atom stereocenters. The molecule has 1 aliphatic rings. The molecular formula is C25H23N3O2. The van der Waals surface area contributed by atoms with Crippen LogP contribution >= 0.6 is 0 Å². The number of nitrogens with zero attached hydrogens (tertiary/aromatic N) is 3. The lowest BCUT2D eigenvalue weighted by Gasteiger charge is -2.28. The van der Waals surface area contributed by atoms with Crippen LogP contribution in [0.4, 0.5) is 0 Å². The van der Waals surface area contributed by atoms with Crippen molar-refractivity contribution in [2.75, 3.05) is 6.54 Å². The molecule has 150 valence electrons. The van der Waals surface area contributed by atoms with Crippen LogP contribution < -0.4 is 0 Å². The van der Waals surface area contributed by atoms with E-state index in [9.17, 15) is 9.90 Å². The first kappa shape index (κ1) is 18.6. The topological polar surface area (TPSA) is 58.4 Å². The van der Waals surface area contributed by atoms with E-state index in [0.717, 1.165) is 42.7 Å². The Balaban J connectivity index is 1.45. The van der Waals surface area contributed by atoms with Gasteiger partial charge in [-0.2, -0.15) is 0 Å². The summed E-state index contributed by atoms with van der Waals surface area (Å²) in [5, 5.41) is 9.41. The molecule has 5 nitrogen and oxygen atoms in total. The number of aromatic nitrogens is 2. The van der Waals surface area contributed by atoms with E-state index in [-0.39, 0.29) is 6.54 Å². The molecule has 1 aliphatic heterocycles. The summed E-state index contributed by atoms with van der Waals surface area (Å²) < 4.78 is 1.79. The van der Waals surface area contributed by atoms with Crippen molar-refractivity contribution in [1.29, 1.82) is 0 Å². The normalized spacial score (nSPS) is 14.0. The van der Waals surface area contributed by atoms with E-state index in [1.807, 2.05) is 36.4 Å². The number of fused-ring (bicyclic) bond motifs is 2. The average molecular weight is 397 g/mol. The van der Waals surface area contributed by atoms with Gasteiger partial charge in [-0.3, -0.25) is 9.69 Å². The van der Waals surface area contributed by atoms with E-state index >= 15 is 0 Å². The molecule has 0 saturated heterocycles. The maximum absolute atomic E-state index is 11.5. The Bertz CT molecular complexity index is 1230. The molecule has 5 rings (SSSR count). The second-order valence-electron chi connectivity index (χ2n) is 7.83. The summed E-state index contributed by atoms with van der Waals surface area (Å²) in [7, 11) is 0. The van der Waals surface area contributed by atoms with Gasteiger partial charge in [-0.15, -0.1) is 0 Å². The Morgan fingerprint density at radius 1 is 0.967 bits per heavy atom. The quantitative estimate of drug-likeness (QED) is 0.544. The minimum Gasteiger partial charge on any atom is -0.480 e. The van der Waals surface area contributed by atoms with Crippen molar-refractivity contribution in [3.8, 4) is 11.4 Å². The number of hydrogen-bond acceptors (Lipinski definition) is 3. The first-order valence-corrected chi connectivity index (χ1v) is 10.2. The number of benzene rings is 3. The molecule has 4 aromatic rings. The van der Waals surface area contributed by atoms with E-state index < -0.39 is 5.97 Å². The van der Waals surface area contributed by atoms with Gasteiger partial charge in [0.15, 0.2) is 0 Å². The molecule has 30 heavy (non-hydrogen) atoms. The smallest absolute Gasteiger partial charge is 0.323 e. The van der Waals surface area contributed by atoms with Crippen LogP contribution in [0.2, 0.25) is 0 Å². The molecule has 1 aromatic heterocycles. The highest BCUT2D eigenvalue weighted by atomic mass is 16.4. The molecule has 3 aromatic carbocycles. The molecule has 0 radical (unpaired) electrons. The SMILES string of the molecule is O=C(O)Cn1c(-c2cccc(CN3CCc4ccccc4C3)c2)nc2ccccc21. The average Bonchev–Trinajstić information content (AvgIpc) is 3.12. The van der Waals surface area contributed by atoms with Crippen LogP contribution in [0.1, 0.15) is 16.7 Å². The Hall–Kier alpha value is -3.44. The van der Waals surface area contributed by atoms with Gasteiger partial charge >= 0.3 is 5.97 Å². The lowest BCUT2D eigenvalue weighted by molar-refractivity contribution is -0.137. The molecular weight excluding hydrogens is 374 g/mol.